The number of benzene rings is 1. The highest BCUT2D eigenvalue weighted by Gasteiger charge is 2.17. The van der Waals surface area contributed by atoms with Crippen molar-refractivity contribution in [2.45, 2.75) is 19.9 Å². The maximum atomic E-state index is 13.7. The van der Waals surface area contributed by atoms with E-state index in [0.717, 1.165) is 13.0 Å². The summed E-state index contributed by atoms with van der Waals surface area (Å²) in [4.78, 5) is 11.8. The summed E-state index contributed by atoms with van der Waals surface area (Å²) in [6, 6.07) is 4.27. The van der Waals surface area contributed by atoms with Gasteiger partial charge in [0.2, 0.25) is 5.82 Å². The molecule has 1 aromatic carbocycles. The van der Waals surface area contributed by atoms with Crippen LogP contribution in [0.25, 0.3) is 0 Å². The molecule has 0 N–H and O–H groups in total. The van der Waals surface area contributed by atoms with Gasteiger partial charge in [-0.25, -0.2) is 0 Å². The van der Waals surface area contributed by atoms with Crippen LogP contribution in [-0.4, -0.2) is 23.4 Å². The van der Waals surface area contributed by atoms with Crippen molar-refractivity contribution in [3.8, 4) is 0 Å². The zero-order chi connectivity index (χ0) is 12.1. The zero-order valence-corrected chi connectivity index (χ0v) is 9.44. The van der Waals surface area contributed by atoms with Crippen LogP contribution in [0.1, 0.15) is 18.9 Å². The molecule has 0 amide bonds. The second-order valence-electron chi connectivity index (χ2n) is 3.75. The molecule has 0 aromatic heterocycles. The second kappa shape index (κ2) is 5.55. The number of hydrogen-bond donors (Lipinski definition) is 0. The van der Waals surface area contributed by atoms with Crippen molar-refractivity contribution in [1.82, 2.24) is 4.90 Å². The predicted molar refractivity (Wildman–Crippen MR) is 59.7 cm³/mol. The Morgan fingerprint density at radius 3 is 2.75 bits per heavy atom. The Kier molecular flexibility index (Phi) is 4.37. The SMILES string of the molecule is CCCN(C)Cc1cccc([N+](=O)[O-])c1F. The highest BCUT2D eigenvalue weighted by Crippen LogP contribution is 2.20. The van der Waals surface area contributed by atoms with Gasteiger partial charge in [-0.1, -0.05) is 19.1 Å². The number of nitro groups is 1. The van der Waals surface area contributed by atoms with Gasteiger partial charge in [0.25, 0.3) is 0 Å². The Morgan fingerprint density at radius 1 is 1.50 bits per heavy atom. The molecular formula is C11H15FN2O2. The van der Waals surface area contributed by atoms with Crippen LogP contribution in [-0.2, 0) is 6.54 Å². The fourth-order valence-electron chi connectivity index (χ4n) is 1.58. The highest BCUT2D eigenvalue weighted by molar-refractivity contribution is 5.36. The minimum Gasteiger partial charge on any atom is -0.302 e. The van der Waals surface area contributed by atoms with Gasteiger partial charge in [-0.3, -0.25) is 10.1 Å². The van der Waals surface area contributed by atoms with Gasteiger partial charge in [-0.05, 0) is 20.0 Å². The van der Waals surface area contributed by atoms with Crippen LogP contribution >= 0.6 is 0 Å². The third-order valence-corrected chi connectivity index (χ3v) is 2.30. The van der Waals surface area contributed by atoms with Crippen molar-refractivity contribution in [3.63, 3.8) is 0 Å². The average molecular weight is 226 g/mol. The van der Waals surface area contributed by atoms with Crippen molar-refractivity contribution >= 4 is 5.69 Å². The van der Waals surface area contributed by atoms with Crippen LogP contribution < -0.4 is 0 Å². The minimum absolute atomic E-state index is 0.366. The maximum Gasteiger partial charge on any atom is 0.305 e. The third-order valence-electron chi connectivity index (χ3n) is 2.30. The van der Waals surface area contributed by atoms with Gasteiger partial charge in [-0.2, -0.15) is 4.39 Å². The Hall–Kier alpha value is -1.49. The van der Waals surface area contributed by atoms with Crippen LogP contribution in [0, 0.1) is 15.9 Å². The molecule has 0 unspecified atom stereocenters. The maximum absolute atomic E-state index is 13.7. The zero-order valence-electron chi connectivity index (χ0n) is 9.44. The summed E-state index contributed by atoms with van der Waals surface area (Å²) in [5.41, 5.74) is -0.0902. The lowest BCUT2D eigenvalue weighted by molar-refractivity contribution is -0.387. The molecular weight excluding hydrogens is 211 g/mol. The highest BCUT2D eigenvalue weighted by atomic mass is 19.1. The Bertz CT molecular complexity index is 382. The van der Waals surface area contributed by atoms with Crippen LogP contribution in [0.3, 0.4) is 0 Å². The molecule has 1 rings (SSSR count). The molecule has 0 bridgehead atoms. The summed E-state index contributed by atoms with van der Waals surface area (Å²) in [7, 11) is 1.86. The van der Waals surface area contributed by atoms with Gasteiger partial charge < -0.3 is 4.90 Å². The minimum atomic E-state index is -0.726. The summed E-state index contributed by atoms with van der Waals surface area (Å²) in [5.74, 6) is -0.726. The molecule has 0 spiro atoms. The number of rotatable bonds is 5. The van der Waals surface area contributed by atoms with E-state index in [-0.39, 0.29) is 0 Å². The molecule has 0 heterocycles. The van der Waals surface area contributed by atoms with E-state index >= 15 is 0 Å². The fourth-order valence-corrected chi connectivity index (χ4v) is 1.58. The fraction of sp³-hybridized carbons (Fsp3) is 0.455. The Labute approximate surface area is 93.8 Å². The molecule has 0 fully saturated rings. The van der Waals surface area contributed by atoms with Crippen LogP contribution in [0.2, 0.25) is 0 Å². The summed E-state index contributed by atoms with van der Waals surface area (Å²) in [5, 5.41) is 10.5. The van der Waals surface area contributed by atoms with Crippen molar-refractivity contribution in [2.75, 3.05) is 13.6 Å². The first kappa shape index (κ1) is 12.6. The van der Waals surface area contributed by atoms with Gasteiger partial charge in [0.1, 0.15) is 0 Å². The van der Waals surface area contributed by atoms with Gasteiger partial charge in [0, 0.05) is 18.2 Å². The lowest BCUT2D eigenvalue weighted by Gasteiger charge is -2.15. The normalized spacial score (nSPS) is 10.8. The van der Waals surface area contributed by atoms with Crippen molar-refractivity contribution in [1.29, 1.82) is 0 Å². The van der Waals surface area contributed by atoms with E-state index in [2.05, 4.69) is 0 Å². The lowest BCUT2D eigenvalue weighted by atomic mass is 10.1. The van der Waals surface area contributed by atoms with Crippen molar-refractivity contribution < 1.29 is 9.31 Å². The van der Waals surface area contributed by atoms with E-state index < -0.39 is 16.4 Å². The van der Waals surface area contributed by atoms with E-state index in [1.165, 1.54) is 12.1 Å². The van der Waals surface area contributed by atoms with Crippen molar-refractivity contribution in [3.05, 3.63) is 39.7 Å². The second-order valence-corrected chi connectivity index (χ2v) is 3.75. The van der Waals surface area contributed by atoms with Gasteiger partial charge in [0.15, 0.2) is 0 Å². The summed E-state index contributed by atoms with van der Waals surface area (Å²) in [6.45, 7) is 3.25. The summed E-state index contributed by atoms with van der Waals surface area (Å²) in [6.07, 6.45) is 0.965. The number of nitro benzene ring substituents is 1. The van der Waals surface area contributed by atoms with Gasteiger partial charge >= 0.3 is 5.69 Å². The first-order valence-corrected chi connectivity index (χ1v) is 5.16. The van der Waals surface area contributed by atoms with Gasteiger partial charge in [0.05, 0.1) is 4.92 Å². The smallest absolute Gasteiger partial charge is 0.302 e. The monoisotopic (exact) mass is 226 g/mol. The predicted octanol–water partition coefficient (Wildman–Crippen LogP) is 2.58. The van der Waals surface area contributed by atoms with Crippen LogP contribution in [0.4, 0.5) is 10.1 Å². The summed E-state index contributed by atoms with van der Waals surface area (Å²) >= 11 is 0. The first-order valence-electron chi connectivity index (χ1n) is 5.16. The first-order chi connectivity index (χ1) is 7.56. The molecule has 1 aromatic rings. The Balaban J connectivity index is 2.89. The molecule has 0 saturated carbocycles. The molecule has 4 nitrogen and oxygen atoms in total. The summed E-state index contributed by atoms with van der Waals surface area (Å²) < 4.78 is 13.7. The van der Waals surface area contributed by atoms with Crippen LogP contribution in [0.15, 0.2) is 18.2 Å². The molecule has 0 aliphatic carbocycles. The topological polar surface area (TPSA) is 46.4 Å². The molecule has 0 radical (unpaired) electrons. The number of nitrogens with zero attached hydrogens (tertiary/aromatic N) is 2. The molecule has 88 valence electrons. The van der Waals surface area contributed by atoms with E-state index in [1.807, 2.05) is 18.9 Å². The van der Waals surface area contributed by atoms with Crippen LogP contribution in [0.5, 0.6) is 0 Å². The number of hydrogen-bond acceptors (Lipinski definition) is 3. The van der Waals surface area contributed by atoms with Gasteiger partial charge in [-0.15, -0.1) is 0 Å². The molecule has 0 aliphatic rings. The standard InChI is InChI=1S/C11H15FN2O2/c1-3-7-13(2)8-9-5-4-6-10(11(9)12)14(15)16/h4-6H,3,7-8H2,1-2H3. The average Bonchev–Trinajstić information content (AvgIpc) is 2.21. The number of halogens is 1. The van der Waals surface area contributed by atoms with Crippen molar-refractivity contribution in [2.24, 2.45) is 0 Å². The van der Waals surface area contributed by atoms with E-state index in [9.17, 15) is 14.5 Å². The van der Waals surface area contributed by atoms with E-state index in [4.69, 9.17) is 0 Å². The van der Waals surface area contributed by atoms with E-state index in [0.29, 0.717) is 12.1 Å². The Morgan fingerprint density at radius 2 is 2.19 bits per heavy atom. The van der Waals surface area contributed by atoms with E-state index in [1.54, 1.807) is 6.07 Å². The molecule has 5 heteroatoms. The largest absolute Gasteiger partial charge is 0.305 e. The quantitative estimate of drug-likeness (QED) is 0.572. The molecule has 0 aliphatic heterocycles. The lowest BCUT2D eigenvalue weighted by Crippen LogP contribution is -2.19. The molecule has 0 atom stereocenters. The molecule has 0 saturated heterocycles. The third kappa shape index (κ3) is 3.00. The molecule has 16 heavy (non-hydrogen) atoms.